The summed E-state index contributed by atoms with van der Waals surface area (Å²) in [7, 11) is 2.97. The topological polar surface area (TPSA) is 84.1 Å². The fourth-order valence-electron chi connectivity index (χ4n) is 3.76. The van der Waals surface area contributed by atoms with Crippen molar-refractivity contribution in [1.82, 2.24) is 4.98 Å². The fraction of sp³-hybridized carbons (Fsp3) is 0.560. The Morgan fingerprint density at radius 2 is 1.97 bits per heavy atom. The van der Waals surface area contributed by atoms with Gasteiger partial charge in [0.05, 0.1) is 26.4 Å². The Morgan fingerprint density at radius 3 is 2.52 bits per heavy atom. The van der Waals surface area contributed by atoms with Crippen molar-refractivity contribution in [1.29, 1.82) is 0 Å². The van der Waals surface area contributed by atoms with Crippen LogP contribution in [0, 0.1) is 12.8 Å². The smallest absolute Gasteiger partial charge is 0.238 e. The average molecular weight is 432 g/mol. The van der Waals surface area contributed by atoms with Crippen molar-refractivity contribution >= 4 is 0 Å². The molecule has 1 aliphatic heterocycles. The summed E-state index contributed by atoms with van der Waals surface area (Å²) in [5.41, 5.74) is 3.16. The number of pyridine rings is 1. The lowest BCUT2D eigenvalue weighted by Gasteiger charge is -2.20. The highest BCUT2D eigenvalue weighted by atomic mass is 16.6. The molecule has 0 unspecified atom stereocenters. The number of ether oxygens (including phenoxy) is 3. The second kappa shape index (κ2) is 10.3. The Kier molecular flexibility index (Phi) is 8.32. The van der Waals surface area contributed by atoms with Gasteiger partial charge in [-0.2, -0.15) is 0 Å². The van der Waals surface area contributed by atoms with Crippen LogP contribution in [0.4, 0.5) is 0 Å². The molecule has 172 valence electrons. The molecule has 0 aliphatic carbocycles. The van der Waals surface area contributed by atoms with Crippen molar-refractivity contribution in [2.45, 2.75) is 72.2 Å². The summed E-state index contributed by atoms with van der Waals surface area (Å²) >= 11 is 0. The molecule has 31 heavy (non-hydrogen) atoms. The maximum absolute atomic E-state index is 12.4. The molecule has 0 saturated carbocycles. The van der Waals surface area contributed by atoms with Gasteiger partial charge in [0.2, 0.25) is 17.1 Å². The van der Waals surface area contributed by atoms with E-state index in [-0.39, 0.29) is 23.2 Å². The Balaban J connectivity index is 1.98. The summed E-state index contributed by atoms with van der Waals surface area (Å²) in [4.78, 5) is 15.6. The third-order valence-corrected chi connectivity index (χ3v) is 6.15. The number of epoxide rings is 1. The standard InChI is InChI=1S/C25H37NO5/c1-15(12-13-20-18(4)21(27)22(29-7)24(26-20)30-8)10-9-11-16(2)14-17(3)23(28)25(6)19(5)31-25/h9,11-12,14,17,19,23,28H,10,13H2,1-8H3,(H,26,27)/b11-9+,15-12+,16-14+/t17-,19-,23-,25-/m1/s1. The number of aliphatic hydroxyl groups excluding tert-OH is 1. The van der Waals surface area contributed by atoms with Gasteiger partial charge >= 0.3 is 0 Å². The lowest BCUT2D eigenvalue weighted by molar-refractivity contribution is 0.0564. The van der Waals surface area contributed by atoms with Crippen LogP contribution in [0.2, 0.25) is 0 Å². The molecular weight excluding hydrogens is 394 g/mol. The predicted molar refractivity (Wildman–Crippen MR) is 124 cm³/mol. The molecule has 0 bridgehead atoms. The van der Waals surface area contributed by atoms with Gasteiger partial charge in [0, 0.05) is 23.6 Å². The second-order valence-electron chi connectivity index (χ2n) is 8.64. The molecule has 2 heterocycles. The zero-order valence-electron chi connectivity index (χ0n) is 20.0. The number of H-pyrrole nitrogens is 1. The zero-order chi connectivity index (χ0) is 23.3. The van der Waals surface area contributed by atoms with Crippen LogP contribution in [0.15, 0.2) is 40.2 Å². The Hall–Kier alpha value is -2.31. The van der Waals surface area contributed by atoms with E-state index in [2.05, 4.69) is 36.2 Å². The molecule has 4 atom stereocenters. The molecule has 2 rings (SSSR count). The number of aromatic amines is 1. The lowest BCUT2D eigenvalue weighted by atomic mass is 9.90. The van der Waals surface area contributed by atoms with Crippen molar-refractivity contribution in [3.05, 3.63) is 56.9 Å². The number of aromatic nitrogens is 1. The van der Waals surface area contributed by atoms with Crippen molar-refractivity contribution in [3.63, 3.8) is 0 Å². The van der Waals surface area contributed by atoms with Crippen molar-refractivity contribution < 1.29 is 19.3 Å². The van der Waals surface area contributed by atoms with E-state index in [0.717, 1.165) is 17.7 Å². The van der Waals surface area contributed by atoms with Crippen molar-refractivity contribution in [2.24, 2.45) is 5.92 Å². The Labute approximate surface area is 185 Å². The quantitative estimate of drug-likeness (QED) is 0.329. The molecule has 0 amide bonds. The minimum absolute atomic E-state index is 0.0149. The van der Waals surface area contributed by atoms with Crippen LogP contribution in [0.5, 0.6) is 11.6 Å². The highest BCUT2D eigenvalue weighted by Crippen LogP contribution is 2.41. The molecule has 6 heteroatoms. The van der Waals surface area contributed by atoms with E-state index in [1.807, 2.05) is 27.7 Å². The molecule has 1 saturated heterocycles. The highest BCUT2D eigenvalue weighted by molar-refractivity contribution is 5.40. The highest BCUT2D eigenvalue weighted by Gasteiger charge is 2.55. The van der Waals surface area contributed by atoms with Crippen LogP contribution in [-0.4, -0.2) is 42.1 Å². The van der Waals surface area contributed by atoms with E-state index in [9.17, 15) is 9.90 Å². The summed E-state index contributed by atoms with van der Waals surface area (Å²) < 4.78 is 15.9. The van der Waals surface area contributed by atoms with E-state index in [0.29, 0.717) is 17.9 Å². The molecule has 2 N–H and O–H groups in total. The largest absolute Gasteiger partial charge is 0.488 e. The van der Waals surface area contributed by atoms with Crippen LogP contribution >= 0.6 is 0 Å². The summed E-state index contributed by atoms with van der Waals surface area (Å²) in [6.07, 6.45) is 9.37. The molecule has 1 aromatic rings. The van der Waals surface area contributed by atoms with E-state index in [1.54, 1.807) is 6.92 Å². The van der Waals surface area contributed by atoms with Crippen LogP contribution in [0.3, 0.4) is 0 Å². The summed E-state index contributed by atoms with van der Waals surface area (Å²) in [5.74, 6) is 0.558. The van der Waals surface area contributed by atoms with E-state index >= 15 is 0 Å². The van der Waals surface area contributed by atoms with Gasteiger partial charge in [-0.1, -0.05) is 42.4 Å². The minimum atomic E-state index is -0.514. The van der Waals surface area contributed by atoms with Gasteiger partial charge in [0.15, 0.2) is 0 Å². The first-order valence-corrected chi connectivity index (χ1v) is 10.7. The second-order valence-corrected chi connectivity index (χ2v) is 8.64. The SMILES string of the molecule is COc1[nH]c(C/C=C(\C)C/C=C/C(C)=C/[C@@H](C)[C@@H](O)[C@]2(C)O[C@@H]2C)c(C)c(=O)c1OC. The van der Waals surface area contributed by atoms with Crippen molar-refractivity contribution in [2.75, 3.05) is 14.2 Å². The maximum atomic E-state index is 12.4. The number of aliphatic hydroxyl groups is 1. The van der Waals surface area contributed by atoms with Crippen LogP contribution in [-0.2, 0) is 11.2 Å². The van der Waals surface area contributed by atoms with Crippen molar-refractivity contribution in [3.8, 4) is 11.6 Å². The van der Waals surface area contributed by atoms with Gasteiger partial charge in [0.1, 0.15) is 5.60 Å². The van der Waals surface area contributed by atoms with Crippen LogP contribution < -0.4 is 14.9 Å². The Bertz CT molecular complexity index is 927. The predicted octanol–water partition coefficient (Wildman–Crippen LogP) is 4.26. The summed E-state index contributed by atoms with van der Waals surface area (Å²) in [5, 5.41) is 10.5. The maximum Gasteiger partial charge on any atom is 0.238 e. The van der Waals surface area contributed by atoms with Gasteiger partial charge in [-0.3, -0.25) is 4.79 Å². The molecule has 0 spiro atoms. The van der Waals surface area contributed by atoms with Gasteiger partial charge in [-0.05, 0) is 41.0 Å². The normalized spacial score (nSPS) is 23.7. The number of rotatable bonds is 10. The summed E-state index contributed by atoms with van der Waals surface area (Å²) in [6, 6.07) is 0. The number of hydrogen-bond donors (Lipinski definition) is 2. The molecule has 1 fully saturated rings. The first kappa shape index (κ1) is 25.0. The monoisotopic (exact) mass is 431 g/mol. The van der Waals surface area contributed by atoms with Crippen LogP contribution in [0.1, 0.15) is 52.3 Å². The van der Waals surface area contributed by atoms with Gasteiger partial charge < -0.3 is 24.3 Å². The third-order valence-electron chi connectivity index (χ3n) is 6.15. The van der Waals surface area contributed by atoms with E-state index < -0.39 is 11.7 Å². The van der Waals surface area contributed by atoms with Gasteiger partial charge in [0.25, 0.3) is 0 Å². The number of hydrogen-bond acceptors (Lipinski definition) is 5. The van der Waals surface area contributed by atoms with E-state index in [1.165, 1.54) is 19.8 Å². The third kappa shape index (κ3) is 5.89. The molecule has 0 aromatic carbocycles. The molecular formula is C25H37NO5. The first-order valence-electron chi connectivity index (χ1n) is 10.7. The first-order chi connectivity index (χ1) is 14.5. The molecule has 0 radical (unpaired) electrons. The number of allylic oxidation sites excluding steroid dienone is 5. The fourth-order valence-corrected chi connectivity index (χ4v) is 3.76. The van der Waals surface area contributed by atoms with Gasteiger partial charge in [-0.15, -0.1) is 0 Å². The van der Waals surface area contributed by atoms with E-state index in [4.69, 9.17) is 14.2 Å². The molecule has 1 aromatic heterocycles. The number of methoxy groups -OCH3 is 2. The van der Waals surface area contributed by atoms with Gasteiger partial charge in [-0.25, -0.2) is 0 Å². The lowest BCUT2D eigenvalue weighted by Crippen LogP contribution is -2.33. The van der Waals surface area contributed by atoms with Crippen LogP contribution in [0.25, 0.3) is 0 Å². The Morgan fingerprint density at radius 1 is 1.32 bits per heavy atom. The average Bonchev–Trinajstić information content (AvgIpc) is 3.35. The summed E-state index contributed by atoms with van der Waals surface area (Å²) in [6.45, 7) is 11.8. The number of nitrogens with one attached hydrogen (secondary N) is 1. The zero-order valence-corrected chi connectivity index (χ0v) is 20.0. The minimum Gasteiger partial charge on any atom is -0.488 e. The molecule has 1 aliphatic rings. The molecule has 6 nitrogen and oxygen atoms in total.